The van der Waals surface area contributed by atoms with E-state index < -0.39 is 0 Å². The Hall–Kier alpha value is -2.36. The van der Waals surface area contributed by atoms with Crippen LogP contribution in [-0.2, 0) is 0 Å². The molecule has 1 aliphatic rings. The Morgan fingerprint density at radius 3 is 2.73 bits per heavy atom. The highest BCUT2D eigenvalue weighted by molar-refractivity contribution is 5.92. The van der Waals surface area contributed by atoms with Crippen LogP contribution in [0.1, 0.15) is 61.1 Å². The Morgan fingerprint density at radius 1 is 1.27 bits per heavy atom. The summed E-state index contributed by atoms with van der Waals surface area (Å²) in [7, 11) is 0. The van der Waals surface area contributed by atoms with Crippen molar-refractivity contribution < 1.29 is 4.79 Å². The fourth-order valence-corrected chi connectivity index (χ4v) is 3.62. The highest BCUT2D eigenvalue weighted by Gasteiger charge is 2.22. The summed E-state index contributed by atoms with van der Waals surface area (Å²) in [6.45, 7) is 10.4. The number of rotatable bonds is 4. The van der Waals surface area contributed by atoms with Crippen LogP contribution >= 0.6 is 0 Å². The second-order valence-electron chi connectivity index (χ2n) is 7.75. The van der Waals surface area contributed by atoms with Crippen molar-refractivity contribution in [2.24, 2.45) is 5.92 Å². The van der Waals surface area contributed by atoms with Gasteiger partial charge in [0.25, 0.3) is 5.91 Å². The van der Waals surface area contributed by atoms with Gasteiger partial charge in [-0.3, -0.25) is 4.79 Å². The number of aromatic nitrogens is 1. The number of carbonyl (C=O) groups is 1. The van der Waals surface area contributed by atoms with E-state index >= 15 is 0 Å². The number of benzene rings is 1. The Morgan fingerprint density at radius 2 is 2.08 bits per heavy atom. The maximum Gasteiger partial charge on any atom is 0.272 e. The van der Waals surface area contributed by atoms with Crippen LogP contribution < -0.4 is 5.32 Å². The summed E-state index contributed by atoms with van der Waals surface area (Å²) in [4.78, 5) is 19.0. The van der Waals surface area contributed by atoms with Gasteiger partial charge in [0, 0.05) is 18.8 Å². The van der Waals surface area contributed by atoms with E-state index in [4.69, 9.17) is 0 Å². The first-order chi connectivity index (χ1) is 12.5. The molecule has 1 N–H and O–H groups in total. The van der Waals surface area contributed by atoms with E-state index in [9.17, 15) is 4.79 Å². The molecule has 0 radical (unpaired) electrons. The van der Waals surface area contributed by atoms with Gasteiger partial charge in [0.05, 0.1) is 11.9 Å². The molecule has 0 spiro atoms. The molecular weight excluding hydrogens is 322 g/mol. The smallest absolute Gasteiger partial charge is 0.272 e. The molecule has 1 saturated heterocycles. The molecule has 1 aromatic carbocycles. The standard InChI is InChI=1S/C22H29N3O/c1-15(2)19-9-5-8-17(4)21(19)24-18-10-11-20(23-13-18)22(26)25-12-6-7-16(3)14-25/h5,8-11,13,15-16,24H,6-7,12,14H2,1-4H3. The van der Waals surface area contributed by atoms with Crippen molar-refractivity contribution in [1.82, 2.24) is 9.88 Å². The van der Waals surface area contributed by atoms with Gasteiger partial charge < -0.3 is 10.2 Å². The van der Waals surface area contributed by atoms with Gasteiger partial charge in [0.15, 0.2) is 0 Å². The molecule has 1 atom stereocenters. The predicted molar refractivity (Wildman–Crippen MR) is 107 cm³/mol. The average Bonchev–Trinajstić information content (AvgIpc) is 2.63. The first kappa shape index (κ1) is 18.4. The molecule has 1 unspecified atom stereocenters. The first-order valence-electron chi connectivity index (χ1n) is 9.57. The van der Waals surface area contributed by atoms with Crippen molar-refractivity contribution in [1.29, 1.82) is 0 Å². The van der Waals surface area contributed by atoms with E-state index in [1.165, 1.54) is 17.5 Å². The minimum atomic E-state index is 0.0434. The van der Waals surface area contributed by atoms with Gasteiger partial charge in [0.1, 0.15) is 5.69 Å². The third kappa shape index (κ3) is 4.06. The van der Waals surface area contributed by atoms with Gasteiger partial charge in [-0.05, 0) is 54.9 Å². The summed E-state index contributed by atoms with van der Waals surface area (Å²) in [5.41, 5.74) is 5.06. The number of pyridine rings is 1. The van der Waals surface area contributed by atoms with Crippen LogP contribution in [0.3, 0.4) is 0 Å². The van der Waals surface area contributed by atoms with Gasteiger partial charge in [-0.2, -0.15) is 0 Å². The summed E-state index contributed by atoms with van der Waals surface area (Å²) in [5, 5.41) is 3.49. The third-order valence-corrected chi connectivity index (χ3v) is 5.12. The Kier molecular flexibility index (Phi) is 5.60. The molecule has 0 bridgehead atoms. The minimum absolute atomic E-state index is 0.0434. The number of carbonyl (C=O) groups excluding carboxylic acids is 1. The van der Waals surface area contributed by atoms with Crippen molar-refractivity contribution in [3.8, 4) is 0 Å². The largest absolute Gasteiger partial charge is 0.354 e. The molecule has 0 aliphatic carbocycles. The van der Waals surface area contributed by atoms with E-state index in [1.54, 1.807) is 6.20 Å². The Bertz CT molecular complexity index is 767. The lowest BCUT2D eigenvalue weighted by atomic mass is 9.98. The van der Waals surface area contributed by atoms with Gasteiger partial charge in [0.2, 0.25) is 0 Å². The molecule has 1 amide bonds. The van der Waals surface area contributed by atoms with E-state index in [0.717, 1.165) is 30.9 Å². The first-order valence-corrected chi connectivity index (χ1v) is 9.57. The van der Waals surface area contributed by atoms with Crippen molar-refractivity contribution in [2.75, 3.05) is 18.4 Å². The quantitative estimate of drug-likeness (QED) is 0.830. The zero-order valence-electron chi connectivity index (χ0n) is 16.2. The molecule has 1 aromatic heterocycles. The maximum absolute atomic E-state index is 12.7. The molecular formula is C22H29N3O. The lowest BCUT2D eigenvalue weighted by Crippen LogP contribution is -2.39. The van der Waals surface area contributed by atoms with Crippen LogP contribution in [0, 0.1) is 12.8 Å². The highest BCUT2D eigenvalue weighted by Crippen LogP contribution is 2.30. The summed E-state index contributed by atoms with van der Waals surface area (Å²) in [6.07, 6.45) is 4.05. The number of piperidine rings is 1. The number of hydrogen-bond donors (Lipinski definition) is 1. The van der Waals surface area contributed by atoms with Crippen LogP contribution in [0.5, 0.6) is 0 Å². The van der Waals surface area contributed by atoms with Crippen molar-refractivity contribution in [3.05, 3.63) is 53.3 Å². The second-order valence-corrected chi connectivity index (χ2v) is 7.75. The molecule has 0 saturated carbocycles. The number of para-hydroxylation sites is 1. The van der Waals surface area contributed by atoms with Gasteiger partial charge >= 0.3 is 0 Å². The number of nitrogens with one attached hydrogen (secondary N) is 1. The topological polar surface area (TPSA) is 45.2 Å². The zero-order valence-corrected chi connectivity index (χ0v) is 16.2. The molecule has 3 rings (SSSR count). The van der Waals surface area contributed by atoms with E-state index in [2.05, 4.69) is 56.2 Å². The molecule has 4 nitrogen and oxygen atoms in total. The van der Waals surface area contributed by atoms with Crippen LogP contribution in [0.2, 0.25) is 0 Å². The third-order valence-electron chi connectivity index (χ3n) is 5.12. The van der Waals surface area contributed by atoms with Crippen molar-refractivity contribution >= 4 is 17.3 Å². The lowest BCUT2D eigenvalue weighted by Gasteiger charge is -2.30. The van der Waals surface area contributed by atoms with E-state index in [0.29, 0.717) is 17.5 Å². The molecule has 4 heteroatoms. The number of likely N-dealkylation sites (tertiary alicyclic amines) is 1. The zero-order chi connectivity index (χ0) is 18.7. The van der Waals surface area contributed by atoms with Crippen LogP contribution in [0.25, 0.3) is 0 Å². The average molecular weight is 351 g/mol. The molecule has 26 heavy (non-hydrogen) atoms. The molecule has 2 aromatic rings. The SMILES string of the molecule is Cc1cccc(C(C)C)c1Nc1ccc(C(=O)N2CCCC(C)C2)nc1. The number of hydrogen-bond acceptors (Lipinski definition) is 3. The summed E-state index contributed by atoms with van der Waals surface area (Å²) in [6, 6.07) is 10.1. The highest BCUT2D eigenvalue weighted by atomic mass is 16.2. The predicted octanol–water partition coefficient (Wildman–Crippen LogP) is 5.13. The van der Waals surface area contributed by atoms with E-state index in [1.807, 2.05) is 17.0 Å². The summed E-state index contributed by atoms with van der Waals surface area (Å²) < 4.78 is 0. The van der Waals surface area contributed by atoms with Crippen LogP contribution in [-0.4, -0.2) is 28.9 Å². The van der Waals surface area contributed by atoms with Gasteiger partial charge in [-0.15, -0.1) is 0 Å². The number of aryl methyl sites for hydroxylation is 1. The van der Waals surface area contributed by atoms with E-state index in [-0.39, 0.29) is 5.91 Å². The number of nitrogens with zero attached hydrogens (tertiary/aromatic N) is 2. The van der Waals surface area contributed by atoms with Crippen LogP contribution in [0.4, 0.5) is 11.4 Å². The van der Waals surface area contributed by atoms with Crippen molar-refractivity contribution in [3.63, 3.8) is 0 Å². The Labute approximate surface area is 156 Å². The minimum Gasteiger partial charge on any atom is -0.354 e. The number of amides is 1. The second kappa shape index (κ2) is 7.90. The Balaban J connectivity index is 1.75. The molecule has 138 valence electrons. The molecule has 2 heterocycles. The van der Waals surface area contributed by atoms with Crippen LogP contribution in [0.15, 0.2) is 36.5 Å². The molecule has 1 fully saturated rings. The maximum atomic E-state index is 12.7. The summed E-state index contributed by atoms with van der Waals surface area (Å²) >= 11 is 0. The molecule has 1 aliphatic heterocycles. The lowest BCUT2D eigenvalue weighted by molar-refractivity contribution is 0.0677. The number of anilines is 2. The fourth-order valence-electron chi connectivity index (χ4n) is 3.62. The monoisotopic (exact) mass is 351 g/mol. The van der Waals surface area contributed by atoms with Crippen molar-refractivity contribution in [2.45, 2.75) is 46.5 Å². The normalized spacial score (nSPS) is 17.4. The fraction of sp³-hybridized carbons (Fsp3) is 0.455. The van der Waals surface area contributed by atoms with Gasteiger partial charge in [-0.25, -0.2) is 4.98 Å². The summed E-state index contributed by atoms with van der Waals surface area (Å²) in [5.74, 6) is 1.05. The van der Waals surface area contributed by atoms with Gasteiger partial charge in [-0.1, -0.05) is 39.0 Å².